The van der Waals surface area contributed by atoms with Crippen molar-refractivity contribution in [1.29, 1.82) is 5.41 Å². The number of aromatic nitrogens is 3. The summed E-state index contributed by atoms with van der Waals surface area (Å²) in [4.78, 5) is 30.7. The van der Waals surface area contributed by atoms with Crippen LogP contribution in [0.5, 0.6) is 5.75 Å². The highest BCUT2D eigenvalue weighted by Crippen LogP contribution is 2.30. The topological polar surface area (TPSA) is 142 Å². The van der Waals surface area contributed by atoms with E-state index in [1.54, 1.807) is 50.4 Å². The number of benzene rings is 2. The molecule has 1 amide bonds. The standard InChI is InChI=1S/C28H25ClF2N8O2/c1-15-19(29)7-4-8-20(15)38-28(39(14-40)17-6-5-11-34-12-17)16(2)37-27-22(26(33)35-13-36-27)25(32)18-9-10-21(41-3)24(31)23(18)30/h4-14,16,32H,1-3H3,(H3,33,35,36,37). The van der Waals surface area contributed by atoms with E-state index in [9.17, 15) is 13.6 Å². The quantitative estimate of drug-likeness (QED) is 0.139. The van der Waals surface area contributed by atoms with Crippen molar-refractivity contribution in [2.45, 2.75) is 19.9 Å². The third kappa shape index (κ3) is 5.97. The molecule has 4 rings (SSSR count). The maximum Gasteiger partial charge on any atom is 0.219 e. The maximum atomic E-state index is 14.9. The lowest BCUT2D eigenvalue weighted by Gasteiger charge is -2.26. The molecule has 41 heavy (non-hydrogen) atoms. The van der Waals surface area contributed by atoms with Gasteiger partial charge in [-0.2, -0.15) is 4.39 Å². The van der Waals surface area contributed by atoms with Gasteiger partial charge in [-0.1, -0.05) is 17.7 Å². The third-order valence-corrected chi connectivity index (χ3v) is 6.56. The number of hydrogen-bond acceptors (Lipinski definition) is 9. The number of carbonyl (C=O) groups is 1. The van der Waals surface area contributed by atoms with Crippen LogP contribution in [0.1, 0.15) is 23.6 Å². The molecule has 10 nitrogen and oxygen atoms in total. The van der Waals surface area contributed by atoms with E-state index in [4.69, 9.17) is 32.5 Å². The normalized spacial score (nSPS) is 12.0. The summed E-state index contributed by atoms with van der Waals surface area (Å²) in [6, 6.07) is 10.2. The predicted octanol–water partition coefficient (Wildman–Crippen LogP) is 5.31. The minimum absolute atomic E-state index is 0.0261. The van der Waals surface area contributed by atoms with Crippen molar-refractivity contribution in [1.82, 2.24) is 15.0 Å². The highest BCUT2D eigenvalue weighted by atomic mass is 35.5. The Bertz CT molecular complexity index is 1640. The van der Waals surface area contributed by atoms with Crippen molar-refractivity contribution in [2.75, 3.05) is 23.1 Å². The number of aliphatic imine (C=N–C) groups is 1. The molecule has 0 radical (unpaired) electrons. The molecular weight excluding hydrogens is 554 g/mol. The van der Waals surface area contributed by atoms with E-state index < -0.39 is 23.4 Å². The van der Waals surface area contributed by atoms with Crippen LogP contribution in [0.2, 0.25) is 5.02 Å². The number of pyridine rings is 1. The van der Waals surface area contributed by atoms with Crippen LogP contribution in [0.3, 0.4) is 0 Å². The number of nitrogen functional groups attached to an aromatic ring is 1. The SMILES string of the molecule is COc1ccc(C(=N)c2c(N)ncnc2NC(C)C(=Nc2cccc(Cl)c2C)N(C=O)c2cccnc2)c(F)c1F. The highest BCUT2D eigenvalue weighted by molar-refractivity contribution is 6.31. The summed E-state index contributed by atoms with van der Waals surface area (Å²) in [6.07, 6.45) is 4.80. The Morgan fingerprint density at radius 1 is 1.20 bits per heavy atom. The van der Waals surface area contributed by atoms with Gasteiger partial charge in [0.05, 0.1) is 42.0 Å². The van der Waals surface area contributed by atoms with E-state index in [-0.39, 0.29) is 34.3 Å². The molecule has 4 N–H and O–H groups in total. The Morgan fingerprint density at radius 2 is 1.98 bits per heavy atom. The second-order valence-corrected chi connectivity index (χ2v) is 9.11. The van der Waals surface area contributed by atoms with Gasteiger partial charge in [0, 0.05) is 16.8 Å². The van der Waals surface area contributed by atoms with Crippen LogP contribution in [-0.2, 0) is 4.79 Å². The fourth-order valence-electron chi connectivity index (χ4n) is 3.99. The molecule has 1 unspecified atom stereocenters. The van der Waals surface area contributed by atoms with E-state index in [0.29, 0.717) is 28.4 Å². The van der Waals surface area contributed by atoms with Crippen LogP contribution in [0.25, 0.3) is 0 Å². The minimum Gasteiger partial charge on any atom is -0.494 e. The van der Waals surface area contributed by atoms with E-state index in [1.807, 2.05) is 0 Å². The van der Waals surface area contributed by atoms with E-state index in [2.05, 4.69) is 20.3 Å². The fourth-order valence-corrected chi connectivity index (χ4v) is 4.15. The Morgan fingerprint density at radius 3 is 2.66 bits per heavy atom. The first-order chi connectivity index (χ1) is 19.7. The summed E-state index contributed by atoms with van der Waals surface area (Å²) in [5.74, 6) is -2.77. The van der Waals surface area contributed by atoms with Crippen LogP contribution in [0.15, 0.2) is 66.2 Å². The molecule has 2 aromatic heterocycles. The molecule has 0 spiro atoms. The Kier molecular flexibility index (Phi) is 8.83. The van der Waals surface area contributed by atoms with Crippen molar-refractivity contribution in [3.63, 3.8) is 0 Å². The zero-order valence-electron chi connectivity index (χ0n) is 22.2. The number of amides is 1. The zero-order chi connectivity index (χ0) is 29.7. The van der Waals surface area contributed by atoms with Crippen molar-refractivity contribution in [3.05, 3.63) is 94.5 Å². The fraction of sp³-hybridized carbons (Fsp3) is 0.143. The lowest BCUT2D eigenvalue weighted by atomic mass is 10.0. The summed E-state index contributed by atoms with van der Waals surface area (Å²) in [5, 5.41) is 12.3. The van der Waals surface area contributed by atoms with Crippen LogP contribution in [-0.4, -0.2) is 46.1 Å². The molecule has 0 fully saturated rings. The average molecular weight is 579 g/mol. The molecule has 2 aromatic carbocycles. The first kappa shape index (κ1) is 29.0. The average Bonchev–Trinajstić information content (AvgIpc) is 2.97. The molecular formula is C28H25ClF2N8O2. The largest absolute Gasteiger partial charge is 0.494 e. The van der Waals surface area contributed by atoms with Gasteiger partial charge in [-0.05, 0) is 55.8 Å². The summed E-state index contributed by atoms with van der Waals surface area (Å²) in [6.45, 7) is 3.49. The smallest absolute Gasteiger partial charge is 0.219 e. The summed E-state index contributed by atoms with van der Waals surface area (Å²) >= 11 is 6.31. The number of nitrogens with zero attached hydrogens (tertiary/aromatic N) is 5. The third-order valence-electron chi connectivity index (χ3n) is 6.15. The predicted molar refractivity (Wildman–Crippen MR) is 154 cm³/mol. The van der Waals surface area contributed by atoms with E-state index >= 15 is 0 Å². The van der Waals surface area contributed by atoms with Crippen LogP contribution in [0, 0.1) is 24.0 Å². The number of amidine groups is 1. The highest BCUT2D eigenvalue weighted by Gasteiger charge is 2.26. The Labute approximate surface area is 239 Å². The molecule has 0 saturated carbocycles. The molecule has 0 aliphatic carbocycles. The summed E-state index contributed by atoms with van der Waals surface area (Å²) in [5.41, 5.74) is 6.78. The number of carbonyl (C=O) groups excluding carboxylic acids is 1. The first-order valence-electron chi connectivity index (χ1n) is 12.1. The molecule has 0 saturated heterocycles. The van der Waals surface area contributed by atoms with Gasteiger partial charge in [-0.25, -0.2) is 19.4 Å². The number of anilines is 3. The van der Waals surface area contributed by atoms with Crippen molar-refractivity contribution >= 4 is 52.6 Å². The monoisotopic (exact) mass is 578 g/mol. The van der Waals surface area contributed by atoms with E-state index in [1.165, 1.54) is 30.3 Å². The number of halogens is 3. The van der Waals surface area contributed by atoms with Gasteiger partial charge in [-0.15, -0.1) is 0 Å². The van der Waals surface area contributed by atoms with Gasteiger partial charge < -0.3 is 15.8 Å². The second kappa shape index (κ2) is 12.5. The van der Waals surface area contributed by atoms with Gasteiger partial charge in [0.2, 0.25) is 12.2 Å². The van der Waals surface area contributed by atoms with Gasteiger partial charge in [0.15, 0.2) is 11.6 Å². The number of nitrogens with two attached hydrogens (primary N) is 1. The molecule has 13 heteroatoms. The molecule has 2 heterocycles. The van der Waals surface area contributed by atoms with Crippen molar-refractivity contribution < 1.29 is 18.3 Å². The molecule has 0 aliphatic heterocycles. The Hall–Kier alpha value is -4.97. The molecule has 4 aromatic rings. The van der Waals surface area contributed by atoms with Gasteiger partial charge >= 0.3 is 0 Å². The first-order valence-corrected chi connectivity index (χ1v) is 12.5. The van der Waals surface area contributed by atoms with Gasteiger partial charge in [-0.3, -0.25) is 20.1 Å². The number of ether oxygens (including phenoxy) is 1. The molecule has 1 atom stereocenters. The van der Waals surface area contributed by atoms with Gasteiger partial charge in [0.25, 0.3) is 0 Å². The van der Waals surface area contributed by atoms with Crippen molar-refractivity contribution in [3.8, 4) is 5.75 Å². The number of hydrogen-bond donors (Lipinski definition) is 3. The number of methoxy groups -OCH3 is 1. The Balaban J connectivity index is 1.81. The van der Waals surface area contributed by atoms with Crippen LogP contribution >= 0.6 is 11.6 Å². The molecule has 0 aliphatic rings. The molecule has 0 bridgehead atoms. The number of rotatable bonds is 9. The number of nitrogens with one attached hydrogen (secondary N) is 2. The summed E-state index contributed by atoms with van der Waals surface area (Å²) < 4.78 is 34.2. The van der Waals surface area contributed by atoms with Gasteiger partial charge in [0.1, 0.15) is 23.8 Å². The van der Waals surface area contributed by atoms with Crippen molar-refractivity contribution in [2.24, 2.45) is 4.99 Å². The zero-order valence-corrected chi connectivity index (χ0v) is 22.9. The lowest BCUT2D eigenvalue weighted by molar-refractivity contribution is -0.106. The summed E-state index contributed by atoms with van der Waals surface area (Å²) in [7, 11) is 1.20. The van der Waals surface area contributed by atoms with Crippen LogP contribution < -0.4 is 20.7 Å². The minimum atomic E-state index is -1.29. The lowest BCUT2D eigenvalue weighted by Crippen LogP contribution is -2.41. The molecule has 210 valence electrons. The van der Waals surface area contributed by atoms with E-state index in [0.717, 1.165) is 6.33 Å². The maximum absolute atomic E-state index is 14.9. The second-order valence-electron chi connectivity index (χ2n) is 8.71. The van der Waals surface area contributed by atoms with Crippen LogP contribution in [0.4, 0.5) is 31.8 Å².